The van der Waals surface area contributed by atoms with E-state index in [4.69, 9.17) is 9.47 Å². The predicted molar refractivity (Wildman–Crippen MR) is 73.1 cm³/mol. The van der Waals surface area contributed by atoms with Gasteiger partial charge in [0, 0.05) is 39.7 Å². The summed E-state index contributed by atoms with van der Waals surface area (Å²) in [5.41, 5.74) is -0.461. The zero-order valence-corrected chi connectivity index (χ0v) is 12.1. The van der Waals surface area contributed by atoms with Gasteiger partial charge in [0.25, 0.3) is 0 Å². The fourth-order valence-corrected chi connectivity index (χ4v) is 3.36. The smallest absolute Gasteiger partial charge is 0.326 e. The molecule has 0 amide bonds. The number of carbonyl (C=O) groups excluding carboxylic acids is 1. The third kappa shape index (κ3) is 3.09. The van der Waals surface area contributed by atoms with E-state index in [-0.39, 0.29) is 12.1 Å². The van der Waals surface area contributed by atoms with Crippen molar-refractivity contribution in [2.24, 2.45) is 0 Å². The van der Waals surface area contributed by atoms with Crippen molar-refractivity contribution >= 4 is 5.97 Å². The van der Waals surface area contributed by atoms with E-state index in [9.17, 15) is 4.79 Å². The lowest BCUT2D eigenvalue weighted by molar-refractivity contribution is -0.165. The average molecular weight is 270 g/mol. The summed E-state index contributed by atoms with van der Waals surface area (Å²) < 4.78 is 10.9. The molecule has 110 valence electrons. The van der Waals surface area contributed by atoms with E-state index in [0.29, 0.717) is 6.61 Å². The van der Waals surface area contributed by atoms with Gasteiger partial charge < -0.3 is 14.8 Å². The monoisotopic (exact) mass is 270 g/mol. The Morgan fingerprint density at radius 1 is 1.42 bits per heavy atom. The minimum Gasteiger partial charge on any atom is -0.465 e. The summed E-state index contributed by atoms with van der Waals surface area (Å²) in [5, 5.41) is 3.34. The molecule has 0 aromatic carbocycles. The van der Waals surface area contributed by atoms with Crippen molar-refractivity contribution in [3.63, 3.8) is 0 Å². The van der Waals surface area contributed by atoms with Crippen molar-refractivity contribution in [1.29, 1.82) is 0 Å². The molecule has 2 atom stereocenters. The van der Waals surface area contributed by atoms with Gasteiger partial charge in [-0.15, -0.1) is 0 Å². The quantitative estimate of drug-likeness (QED) is 0.765. The van der Waals surface area contributed by atoms with Crippen molar-refractivity contribution in [1.82, 2.24) is 10.2 Å². The lowest BCUT2D eigenvalue weighted by atomic mass is 9.78. The molecule has 5 nitrogen and oxygen atoms in total. The van der Waals surface area contributed by atoms with E-state index < -0.39 is 5.54 Å². The van der Waals surface area contributed by atoms with Crippen molar-refractivity contribution in [3.8, 4) is 0 Å². The van der Waals surface area contributed by atoms with E-state index in [1.807, 2.05) is 6.92 Å². The second-order valence-electron chi connectivity index (χ2n) is 5.44. The molecule has 2 aliphatic rings. The number of rotatable bonds is 4. The van der Waals surface area contributed by atoms with E-state index in [0.717, 1.165) is 51.9 Å². The molecule has 1 saturated carbocycles. The van der Waals surface area contributed by atoms with Gasteiger partial charge in [0.15, 0.2) is 0 Å². The first-order valence-corrected chi connectivity index (χ1v) is 7.38. The van der Waals surface area contributed by atoms with Gasteiger partial charge in [-0.25, -0.2) is 0 Å². The SMILES string of the molecule is CCOC(=O)C1(N2CCNCC2)CCCC(OC)C1. The summed E-state index contributed by atoms with van der Waals surface area (Å²) >= 11 is 0. The molecular weight excluding hydrogens is 244 g/mol. The first-order valence-electron chi connectivity index (χ1n) is 7.38. The Labute approximate surface area is 115 Å². The van der Waals surface area contributed by atoms with Crippen molar-refractivity contribution < 1.29 is 14.3 Å². The van der Waals surface area contributed by atoms with Gasteiger partial charge in [-0.3, -0.25) is 9.69 Å². The fraction of sp³-hybridized carbons (Fsp3) is 0.929. The van der Waals surface area contributed by atoms with E-state index in [1.165, 1.54) is 0 Å². The van der Waals surface area contributed by atoms with Crippen LogP contribution < -0.4 is 5.32 Å². The Balaban J connectivity index is 2.18. The number of hydrogen-bond acceptors (Lipinski definition) is 5. The number of nitrogens with zero attached hydrogens (tertiary/aromatic N) is 1. The maximum atomic E-state index is 12.5. The second kappa shape index (κ2) is 6.68. The normalized spacial score (nSPS) is 33.1. The first-order chi connectivity index (χ1) is 9.23. The van der Waals surface area contributed by atoms with Crippen LogP contribution in [0.15, 0.2) is 0 Å². The minimum atomic E-state index is -0.461. The molecule has 5 heteroatoms. The van der Waals surface area contributed by atoms with E-state index in [1.54, 1.807) is 7.11 Å². The third-order valence-electron chi connectivity index (χ3n) is 4.39. The molecule has 1 saturated heterocycles. The molecular formula is C14H26N2O3. The number of ether oxygens (including phenoxy) is 2. The average Bonchev–Trinajstić information content (AvgIpc) is 2.48. The van der Waals surface area contributed by atoms with Crippen LogP contribution in [0.3, 0.4) is 0 Å². The van der Waals surface area contributed by atoms with Gasteiger partial charge in [-0.1, -0.05) is 0 Å². The molecule has 19 heavy (non-hydrogen) atoms. The van der Waals surface area contributed by atoms with Crippen molar-refractivity contribution in [2.45, 2.75) is 44.2 Å². The lowest BCUT2D eigenvalue weighted by Gasteiger charge is -2.47. The molecule has 0 aromatic rings. The number of hydrogen-bond donors (Lipinski definition) is 1. The molecule has 1 heterocycles. The van der Waals surface area contributed by atoms with E-state index >= 15 is 0 Å². The molecule has 2 fully saturated rings. The van der Waals surface area contributed by atoms with Crippen LogP contribution in [0.25, 0.3) is 0 Å². The Kier molecular flexibility index (Phi) is 5.19. The summed E-state index contributed by atoms with van der Waals surface area (Å²) in [6, 6.07) is 0. The molecule has 1 N–H and O–H groups in total. The van der Waals surface area contributed by atoms with Crippen LogP contribution >= 0.6 is 0 Å². The van der Waals surface area contributed by atoms with E-state index in [2.05, 4.69) is 10.2 Å². The summed E-state index contributed by atoms with van der Waals surface area (Å²) in [4.78, 5) is 14.9. The minimum absolute atomic E-state index is 0.0568. The highest BCUT2D eigenvalue weighted by Gasteiger charge is 2.48. The van der Waals surface area contributed by atoms with Gasteiger partial charge in [0.1, 0.15) is 5.54 Å². The van der Waals surface area contributed by atoms with Crippen LogP contribution in [0.1, 0.15) is 32.6 Å². The highest BCUT2D eigenvalue weighted by atomic mass is 16.5. The zero-order valence-electron chi connectivity index (χ0n) is 12.1. The van der Waals surface area contributed by atoms with Crippen LogP contribution in [0.4, 0.5) is 0 Å². The number of nitrogens with one attached hydrogen (secondary N) is 1. The largest absolute Gasteiger partial charge is 0.465 e. The fourth-order valence-electron chi connectivity index (χ4n) is 3.36. The van der Waals surface area contributed by atoms with Crippen LogP contribution in [-0.4, -0.2) is 62.4 Å². The van der Waals surface area contributed by atoms with Crippen molar-refractivity contribution in [2.75, 3.05) is 39.9 Å². The van der Waals surface area contributed by atoms with Gasteiger partial charge in [0.05, 0.1) is 12.7 Å². The second-order valence-corrected chi connectivity index (χ2v) is 5.44. The Morgan fingerprint density at radius 3 is 2.79 bits per heavy atom. The van der Waals surface area contributed by atoms with Crippen LogP contribution in [-0.2, 0) is 14.3 Å². The Bertz CT molecular complexity index is 305. The van der Waals surface area contributed by atoms with Gasteiger partial charge in [-0.05, 0) is 26.2 Å². The summed E-state index contributed by atoms with van der Waals surface area (Å²) in [5.74, 6) is -0.0568. The third-order valence-corrected chi connectivity index (χ3v) is 4.39. The van der Waals surface area contributed by atoms with Gasteiger partial charge in [-0.2, -0.15) is 0 Å². The molecule has 0 aromatic heterocycles. The maximum absolute atomic E-state index is 12.5. The number of methoxy groups -OCH3 is 1. The number of piperazine rings is 1. The predicted octanol–water partition coefficient (Wildman–Crippen LogP) is 0.783. The van der Waals surface area contributed by atoms with Gasteiger partial charge >= 0.3 is 5.97 Å². The number of esters is 1. The molecule has 1 aliphatic carbocycles. The standard InChI is InChI=1S/C14H26N2O3/c1-3-19-13(17)14(16-9-7-15-8-10-16)6-4-5-12(11-14)18-2/h12,15H,3-11H2,1-2H3. The highest BCUT2D eigenvalue weighted by Crippen LogP contribution is 2.36. The molecule has 1 aliphatic heterocycles. The molecule has 2 rings (SSSR count). The summed E-state index contributed by atoms with van der Waals surface area (Å²) in [7, 11) is 1.74. The Morgan fingerprint density at radius 2 is 2.16 bits per heavy atom. The lowest BCUT2D eigenvalue weighted by Crippen LogP contribution is -2.63. The molecule has 0 radical (unpaired) electrons. The maximum Gasteiger partial charge on any atom is 0.326 e. The van der Waals surface area contributed by atoms with Crippen molar-refractivity contribution in [3.05, 3.63) is 0 Å². The first kappa shape index (κ1) is 14.8. The molecule has 2 unspecified atom stereocenters. The zero-order chi connectivity index (χ0) is 13.7. The highest BCUT2D eigenvalue weighted by molar-refractivity contribution is 5.81. The molecule has 0 bridgehead atoms. The molecule has 0 spiro atoms. The topological polar surface area (TPSA) is 50.8 Å². The Hall–Kier alpha value is -0.650. The van der Waals surface area contributed by atoms with Gasteiger partial charge in [0.2, 0.25) is 0 Å². The summed E-state index contributed by atoms with van der Waals surface area (Å²) in [6.45, 7) is 6.03. The van der Waals surface area contributed by atoms with Crippen LogP contribution in [0, 0.1) is 0 Å². The number of carbonyl (C=O) groups is 1. The van der Waals surface area contributed by atoms with Crippen LogP contribution in [0.5, 0.6) is 0 Å². The summed E-state index contributed by atoms with van der Waals surface area (Å²) in [6.07, 6.45) is 3.91. The van der Waals surface area contributed by atoms with Crippen LogP contribution in [0.2, 0.25) is 0 Å².